The molecule has 0 saturated carbocycles. The van der Waals surface area contributed by atoms with Gasteiger partial charge in [-0.1, -0.05) is 26.0 Å². The van der Waals surface area contributed by atoms with Crippen LogP contribution >= 0.6 is 23.1 Å². The van der Waals surface area contributed by atoms with E-state index >= 15 is 0 Å². The molecule has 1 heterocycles. The summed E-state index contributed by atoms with van der Waals surface area (Å²) in [5, 5.41) is 6.74. The molecule has 4 heteroatoms. The lowest BCUT2D eigenvalue weighted by molar-refractivity contribution is 0.726. The Labute approximate surface area is 123 Å². The number of aromatic nitrogens is 1. The Bertz CT molecular complexity index is 491. The predicted octanol–water partition coefficient (Wildman–Crippen LogP) is 4.11. The molecule has 0 fully saturated rings. The third-order valence-electron chi connectivity index (χ3n) is 2.79. The van der Waals surface area contributed by atoms with Gasteiger partial charge in [-0.3, -0.25) is 0 Å². The van der Waals surface area contributed by atoms with E-state index in [-0.39, 0.29) is 0 Å². The zero-order chi connectivity index (χ0) is 13.5. The fraction of sp³-hybridized carbons (Fsp3) is 0.400. The summed E-state index contributed by atoms with van der Waals surface area (Å²) in [6, 6.07) is 8.79. The molecule has 1 aromatic carbocycles. The molecule has 0 spiro atoms. The number of thiazole rings is 1. The second-order valence-electron chi connectivity index (χ2n) is 4.30. The van der Waals surface area contributed by atoms with Crippen LogP contribution in [0.3, 0.4) is 0 Å². The summed E-state index contributed by atoms with van der Waals surface area (Å²) in [4.78, 5) is 5.90. The summed E-state index contributed by atoms with van der Waals surface area (Å²) >= 11 is 3.62. The summed E-state index contributed by atoms with van der Waals surface area (Å²) in [6.45, 7) is 6.24. The monoisotopic (exact) mass is 292 g/mol. The smallest absolute Gasteiger partial charge is 0.0925 e. The normalized spacial score (nSPS) is 10.8. The van der Waals surface area contributed by atoms with Crippen molar-refractivity contribution in [3.63, 3.8) is 0 Å². The van der Waals surface area contributed by atoms with Crippen molar-refractivity contribution in [3.05, 3.63) is 45.9 Å². The van der Waals surface area contributed by atoms with Crippen LogP contribution in [0.1, 0.15) is 30.1 Å². The van der Waals surface area contributed by atoms with Gasteiger partial charge in [-0.15, -0.1) is 23.1 Å². The number of benzene rings is 1. The van der Waals surface area contributed by atoms with Crippen molar-refractivity contribution >= 4 is 23.1 Å². The maximum absolute atomic E-state index is 4.59. The van der Waals surface area contributed by atoms with Crippen LogP contribution < -0.4 is 5.32 Å². The van der Waals surface area contributed by atoms with E-state index in [0.29, 0.717) is 0 Å². The van der Waals surface area contributed by atoms with Gasteiger partial charge < -0.3 is 5.32 Å². The minimum absolute atomic E-state index is 0.952. The molecule has 0 aliphatic rings. The van der Waals surface area contributed by atoms with Crippen LogP contribution in [0.15, 0.2) is 34.5 Å². The SMILES string of the molecule is CCNCc1ccc(SCc2csc(CC)n2)cc1. The van der Waals surface area contributed by atoms with Gasteiger partial charge in [0.2, 0.25) is 0 Å². The zero-order valence-corrected chi connectivity index (χ0v) is 13.1. The highest BCUT2D eigenvalue weighted by Gasteiger charge is 2.01. The Morgan fingerprint density at radius 1 is 1.21 bits per heavy atom. The zero-order valence-electron chi connectivity index (χ0n) is 11.5. The minimum Gasteiger partial charge on any atom is -0.313 e. The largest absolute Gasteiger partial charge is 0.313 e. The molecule has 0 aliphatic carbocycles. The molecule has 0 saturated heterocycles. The van der Waals surface area contributed by atoms with Gasteiger partial charge in [0, 0.05) is 22.6 Å². The van der Waals surface area contributed by atoms with E-state index in [9.17, 15) is 0 Å². The predicted molar refractivity (Wildman–Crippen MR) is 84.9 cm³/mol. The minimum atomic E-state index is 0.952. The van der Waals surface area contributed by atoms with Gasteiger partial charge >= 0.3 is 0 Å². The first-order valence-electron chi connectivity index (χ1n) is 6.67. The fourth-order valence-electron chi connectivity index (χ4n) is 1.71. The molecule has 0 atom stereocenters. The molecule has 0 unspecified atom stereocenters. The maximum Gasteiger partial charge on any atom is 0.0925 e. The van der Waals surface area contributed by atoms with Crippen LogP contribution in [-0.2, 0) is 18.7 Å². The van der Waals surface area contributed by atoms with E-state index in [0.717, 1.165) is 25.3 Å². The Morgan fingerprint density at radius 2 is 2.00 bits per heavy atom. The lowest BCUT2D eigenvalue weighted by atomic mass is 10.2. The second kappa shape index (κ2) is 7.68. The Kier molecular flexibility index (Phi) is 5.89. The number of thioether (sulfide) groups is 1. The van der Waals surface area contributed by atoms with Crippen molar-refractivity contribution in [2.45, 2.75) is 37.5 Å². The van der Waals surface area contributed by atoms with Gasteiger partial charge in [0.05, 0.1) is 10.7 Å². The number of aryl methyl sites for hydroxylation is 1. The average molecular weight is 292 g/mol. The first-order valence-corrected chi connectivity index (χ1v) is 8.54. The molecule has 2 rings (SSSR count). The number of nitrogens with zero attached hydrogens (tertiary/aromatic N) is 1. The quantitative estimate of drug-likeness (QED) is 0.777. The third-order valence-corrected chi connectivity index (χ3v) is 4.88. The number of nitrogens with one attached hydrogen (secondary N) is 1. The Balaban J connectivity index is 1.85. The van der Waals surface area contributed by atoms with E-state index in [1.165, 1.54) is 21.2 Å². The lowest BCUT2D eigenvalue weighted by Gasteiger charge is -2.04. The summed E-state index contributed by atoms with van der Waals surface area (Å²) in [5.74, 6) is 0.961. The maximum atomic E-state index is 4.59. The highest BCUT2D eigenvalue weighted by Crippen LogP contribution is 2.24. The molecule has 0 aliphatic heterocycles. The molecule has 2 aromatic rings. The van der Waals surface area contributed by atoms with E-state index in [1.54, 1.807) is 11.3 Å². The highest BCUT2D eigenvalue weighted by molar-refractivity contribution is 7.98. The molecule has 0 radical (unpaired) electrons. The number of hydrogen-bond acceptors (Lipinski definition) is 4. The summed E-state index contributed by atoms with van der Waals surface area (Å²) < 4.78 is 0. The van der Waals surface area contributed by atoms with Crippen LogP contribution in [0.4, 0.5) is 0 Å². The third kappa shape index (κ3) is 4.64. The van der Waals surface area contributed by atoms with Crippen molar-refractivity contribution in [1.29, 1.82) is 0 Å². The van der Waals surface area contributed by atoms with Crippen LogP contribution in [0, 0.1) is 0 Å². The topological polar surface area (TPSA) is 24.9 Å². The van der Waals surface area contributed by atoms with Gasteiger partial charge in [-0.05, 0) is 30.7 Å². The van der Waals surface area contributed by atoms with E-state index in [4.69, 9.17) is 0 Å². The number of rotatable bonds is 7. The molecule has 19 heavy (non-hydrogen) atoms. The molecular formula is C15H20N2S2. The van der Waals surface area contributed by atoms with Gasteiger partial charge in [-0.25, -0.2) is 4.98 Å². The standard InChI is InChI=1S/C15H20N2S2/c1-3-15-17-13(11-19-15)10-18-14-7-5-12(6-8-14)9-16-4-2/h5-8,11,16H,3-4,9-10H2,1-2H3. The Hall–Kier alpha value is -0.840. The summed E-state index contributed by atoms with van der Waals surface area (Å²) in [6.07, 6.45) is 1.04. The molecule has 2 nitrogen and oxygen atoms in total. The fourth-order valence-corrected chi connectivity index (χ4v) is 3.35. The second-order valence-corrected chi connectivity index (χ2v) is 6.29. The first-order chi connectivity index (χ1) is 9.31. The van der Waals surface area contributed by atoms with Crippen molar-refractivity contribution < 1.29 is 0 Å². The number of hydrogen-bond donors (Lipinski definition) is 1. The molecular weight excluding hydrogens is 272 g/mol. The lowest BCUT2D eigenvalue weighted by Crippen LogP contribution is -2.11. The first kappa shape index (κ1) is 14.6. The highest BCUT2D eigenvalue weighted by atomic mass is 32.2. The van der Waals surface area contributed by atoms with E-state index in [1.807, 2.05) is 11.8 Å². The summed E-state index contributed by atoms with van der Waals surface area (Å²) in [7, 11) is 0. The van der Waals surface area contributed by atoms with Gasteiger partial charge in [-0.2, -0.15) is 0 Å². The van der Waals surface area contributed by atoms with E-state index in [2.05, 4.69) is 53.8 Å². The van der Waals surface area contributed by atoms with Gasteiger partial charge in [0.1, 0.15) is 0 Å². The van der Waals surface area contributed by atoms with Gasteiger partial charge in [0.25, 0.3) is 0 Å². The van der Waals surface area contributed by atoms with E-state index < -0.39 is 0 Å². The van der Waals surface area contributed by atoms with Crippen molar-refractivity contribution in [1.82, 2.24) is 10.3 Å². The Morgan fingerprint density at radius 3 is 2.63 bits per heavy atom. The van der Waals surface area contributed by atoms with Crippen LogP contribution in [0.2, 0.25) is 0 Å². The van der Waals surface area contributed by atoms with Crippen molar-refractivity contribution in [2.75, 3.05) is 6.54 Å². The molecule has 1 aromatic heterocycles. The summed E-state index contributed by atoms with van der Waals surface area (Å²) in [5.41, 5.74) is 2.54. The van der Waals surface area contributed by atoms with Crippen molar-refractivity contribution in [3.8, 4) is 0 Å². The molecule has 102 valence electrons. The van der Waals surface area contributed by atoms with Crippen molar-refractivity contribution in [2.24, 2.45) is 0 Å². The van der Waals surface area contributed by atoms with Gasteiger partial charge in [0.15, 0.2) is 0 Å². The molecule has 1 N–H and O–H groups in total. The van der Waals surface area contributed by atoms with Crippen LogP contribution in [0.5, 0.6) is 0 Å². The van der Waals surface area contributed by atoms with Crippen LogP contribution in [-0.4, -0.2) is 11.5 Å². The average Bonchev–Trinajstić information content (AvgIpc) is 2.92. The van der Waals surface area contributed by atoms with Crippen LogP contribution in [0.25, 0.3) is 0 Å². The molecule has 0 bridgehead atoms. The molecule has 0 amide bonds.